The fraction of sp³-hybridized carbons (Fsp3) is 0.281. The van der Waals surface area contributed by atoms with Gasteiger partial charge in [0.25, 0.3) is 0 Å². The molecule has 5 aromatic rings. The van der Waals surface area contributed by atoms with Crippen molar-refractivity contribution in [1.29, 1.82) is 0 Å². The molecule has 0 saturated heterocycles. The van der Waals surface area contributed by atoms with Crippen LogP contribution in [0.4, 0.5) is 5.95 Å². The first-order valence-electron chi connectivity index (χ1n) is 13.7. The highest BCUT2D eigenvalue weighted by Gasteiger charge is 2.38. The molecule has 8 nitrogen and oxygen atoms in total. The van der Waals surface area contributed by atoms with Gasteiger partial charge in [-0.15, -0.1) is 0 Å². The monoisotopic (exact) mass is 567 g/mol. The molecule has 9 heteroatoms. The van der Waals surface area contributed by atoms with E-state index in [1.54, 1.807) is 20.5 Å². The van der Waals surface area contributed by atoms with Crippen molar-refractivity contribution in [2.24, 2.45) is 7.05 Å². The third-order valence-corrected chi connectivity index (χ3v) is 8.87. The lowest BCUT2D eigenvalue weighted by Crippen LogP contribution is -2.38. The van der Waals surface area contributed by atoms with Crippen LogP contribution in [0.15, 0.2) is 85.2 Å². The number of benzene rings is 3. The lowest BCUT2D eigenvalue weighted by Gasteiger charge is -2.37. The molecule has 212 valence electrons. The van der Waals surface area contributed by atoms with E-state index >= 15 is 0 Å². The van der Waals surface area contributed by atoms with E-state index in [0.717, 1.165) is 34.2 Å². The highest BCUT2D eigenvalue weighted by molar-refractivity contribution is 6.76. The van der Waals surface area contributed by atoms with Crippen LogP contribution in [0.25, 0.3) is 11.2 Å². The van der Waals surface area contributed by atoms with E-state index in [-0.39, 0.29) is 0 Å². The lowest BCUT2D eigenvalue weighted by atomic mass is 9.77. The lowest BCUT2D eigenvalue weighted by molar-refractivity contribution is 0.328. The van der Waals surface area contributed by atoms with E-state index in [1.807, 2.05) is 54.1 Å². The predicted molar refractivity (Wildman–Crippen MR) is 166 cm³/mol. The van der Waals surface area contributed by atoms with Gasteiger partial charge >= 0.3 is 0 Å². The normalized spacial score (nSPS) is 11.9. The average Bonchev–Trinajstić information content (AvgIpc) is 3.36. The third kappa shape index (κ3) is 5.90. The summed E-state index contributed by atoms with van der Waals surface area (Å²) in [4.78, 5) is 14.4. The van der Waals surface area contributed by atoms with E-state index in [9.17, 15) is 0 Å². The Morgan fingerprint density at radius 3 is 1.88 bits per heavy atom. The van der Waals surface area contributed by atoms with Crippen LogP contribution in [-0.2, 0) is 12.6 Å². The number of methoxy groups -OCH3 is 2. The molecule has 0 spiro atoms. The maximum atomic E-state index is 6.28. The highest BCUT2D eigenvalue weighted by Crippen LogP contribution is 2.41. The third-order valence-electron chi connectivity index (χ3n) is 7.17. The summed E-state index contributed by atoms with van der Waals surface area (Å²) in [6, 6.07) is 27.4. The average molecular weight is 568 g/mol. The summed E-state index contributed by atoms with van der Waals surface area (Å²) in [6.45, 7) is 7.57. The molecule has 2 heterocycles. The summed E-state index contributed by atoms with van der Waals surface area (Å²) in [7, 11) is 3.96. The minimum atomic E-state index is -1.30. The SMILES string of the molecule is COc1ccc(C(Nc2nc(OCC[Si](C)(C)C)c3ncn(C)c3n2)(c2ccccc2)c2ccc(OC)cc2)cc1. The van der Waals surface area contributed by atoms with Gasteiger partial charge in [0, 0.05) is 15.1 Å². The number of hydrogen-bond acceptors (Lipinski definition) is 7. The number of nitrogens with one attached hydrogen (secondary N) is 1. The van der Waals surface area contributed by atoms with Gasteiger partial charge in [0.2, 0.25) is 11.8 Å². The molecule has 0 fully saturated rings. The van der Waals surface area contributed by atoms with Crippen molar-refractivity contribution in [3.63, 3.8) is 0 Å². The smallest absolute Gasteiger partial charge is 0.247 e. The number of aromatic nitrogens is 4. The molecule has 0 amide bonds. The first kappa shape index (κ1) is 28.2. The van der Waals surface area contributed by atoms with Gasteiger partial charge in [0.15, 0.2) is 11.2 Å². The van der Waals surface area contributed by atoms with Gasteiger partial charge in [-0.05, 0) is 47.0 Å². The van der Waals surface area contributed by atoms with Gasteiger partial charge in [0.05, 0.1) is 27.2 Å². The number of ether oxygens (including phenoxy) is 3. The Kier molecular flexibility index (Phi) is 7.98. The molecule has 0 aliphatic heterocycles. The van der Waals surface area contributed by atoms with Crippen LogP contribution in [0.5, 0.6) is 17.4 Å². The molecule has 0 saturated carbocycles. The zero-order chi connectivity index (χ0) is 29.0. The second kappa shape index (κ2) is 11.6. The first-order valence-corrected chi connectivity index (χ1v) is 17.4. The Morgan fingerprint density at radius 2 is 1.34 bits per heavy atom. The molecule has 0 aliphatic rings. The number of imidazole rings is 1. The molecular weight excluding hydrogens is 530 g/mol. The molecule has 0 unspecified atom stereocenters. The first-order chi connectivity index (χ1) is 19.7. The van der Waals surface area contributed by atoms with Crippen molar-refractivity contribution >= 4 is 25.2 Å². The van der Waals surface area contributed by atoms with Gasteiger partial charge in [0.1, 0.15) is 17.0 Å². The van der Waals surface area contributed by atoms with Crippen molar-refractivity contribution in [1.82, 2.24) is 19.5 Å². The minimum absolute atomic E-state index is 0.430. The van der Waals surface area contributed by atoms with E-state index in [1.165, 1.54) is 0 Å². The topological polar surface area (TPSA) is 83.3 Å². The van der Waals surface area contributed by atoms with E-state index in [2.05, 4.69) is 66.3 Å². The minimum Gasteiger partial charge on any atom is -0.497 e. The number of anilines is 1. The van der Waals surface area contributed by atoms with Gasteiger partial charge in [-0.3, -0.25) is 0 Å². The number of rotatable bonds is 11. The maximum absolute atomic E-state index is 6.28. The quantitative estimate of drug-likeness (QED) is 0.144. The zero-order valence-corrected chi connectivity index (χ0v) is 25.5. The molecule has 5 rings (SSSR count). The molecule has 1 N–H and O–H groups in total. The molecule has 2 aromatic heterocycles. The Labute approximate surface area is 242 Å². The van der Waals surface area contributed by atoms with Crippen LogP contribution in [0.1, 0.15) is 16.7 Å². The van der Waals surface area contributed by atoms with Crippen LogP contribution in [-0.4, -0.2) is 48.4 Å². The van der Waals surface area contributed by atoms with E-state index < -0.39 is 13.6 Å². The standard InChI is InChI=1S/C32H37N5O3Si/c1-37-22-33-28-29(37)34-31(35-30(28)40-20-21-41(4,5)6)36-32(23-10-8-7-9-11-23,24-12-16-26(38-2)17-13-24)25-14-18-27(39-3)19-15-25/h7-19,22H,20-21H2,1-6H3,(H,34,35,36). The summed E-state index contributed by atoms with van der Waals surface area (Å²) < 4.78 is 19.1. The molecular formula is C32H37N5O3Si. The zero-order valence-electron chi connectivity index (χ0n) is 24.5. The van der Waals surface area contributed by atoms with Crippen LogP contribution in [0, 0.1) is 0 Å². The molecule has 41 heavy (non-hydrogen) atoms. The summed E-state index contributed by atoms with van der Waals surface area (Å²) >= 11 is 0. The van der Waals surface area contributed by atoms with Crippen molar-refractivity contribution in [2.45, 2.75) is 31.2 Å². The highest BCUT2D eigenvalue weighted by atomic mass is 28.3. The number of nitrogens with zero attached hydrogens (tertiary/aromatic N) is 4. The predicted octanol–water partition coefficient (Wildman–Crippen LogP) is 6.50. The molecule has 0 radical (unpaired) electrons. The fourth-order valence-electron chi connectivity index (χ4n) is 4.85. The molecule has 3 aromatic carbocycles. The van der Waals surface area contributed by atoms with Crippen LogP contribution in [0.3, 0.4) is 0 Å². The van der Waals surface area contributed by atoms with Gasteiger partial charge < -0.3 is 24.1 Å². The second-order valence-corrected chi connectivity index (χ2v) is 16.9. The van der Waals surface area contributed by atoms with Crippen molar-refractivity contribution in [3.8, 4) is 17.4 Å². The summed E-state index contributed by atoms with van der Waals surface area (Å²) in [5.41, 5.74) is 3.48. The molecule has 0 bridgehead atoms. The number of hydrogen-bond donors (Lipinski definition) is 1. The summed E-state index contributed by atoms with van der Waals surface area (Å²) in [5, 5.41) is 3.76. The van der Waals surface area contributed by atoms with E-state index in [4.69, 9.17) is 24.2 Å². The van der Waals surface area contributed by atoms with Gasteiger partial charge in [-0.1, -0.05) is 74.2 Å². The largest absolute Gasteiger partial charge is 0.497 e. The Balaban J connectivity index is 1.70. The maximum Gasteiger partial charge on any atom is 0.247 e. The van der Waals surface area contributed by atoms with Crippen molar-refractivity contribution < 1.29 is 14.2 Å². The number of aryl methyl sites for hydroxylation is 1. The van der Waals surface area contributed by atoms with Gasteiger partial charge in [-0.2, -0.15) is 9.97 Å². The number of fused-ring (bicyclic) bond motifs is 1. The van der Waals surface area contributed by atoms with Crippen molar-refractivity contribution in [3.05, 3.63) is 102 Å². The fourth-order valence-corrected chi connectivity index (χ4v) is 5.56. The summed E-state index contributed by atoms with van der Waals surface area (Å²) in [5.74, 6) is 2.45. The second-order valence-electron chi connectivity index (χ2n) is 11.2. The summed E-state index contributed by atoms with van der Waals surface area (Å²) in [6.07, 6.45) is 1.74. The molecule has 0 aliphatic carbocycles. The Hall–Kier alpha value is -4.37. The van der Waals surface area contributed by atoms with Crippen molar-refractivity contribution in [2.75, 3.05) is 26.1 Å². The van der Waals surface area contributed by atoms with Crippen LogP contribution >= 0.6 is 0 Å². The van der Waals surface area contributed by atoms with Gasteiger partial charge in [-0.25, -0.2) is 4.98 Å². The molecule has 0 atom stereocenters. The van der Waals surface area contributed by atoms with Crippen LogP contribution < -0.4 is 19.5 Å². The van der Waals surface area contributed by atoms with Crippen LogP contribution in [0.2, 0.25) is 25.7 Å². The van der Waals surface area contributed by atoms with E-state index in [0.29, 0.717) is 29.6 Å². The Morgan fingerprint density at radius 1 is 0.780 bits per heavy atom. The Bertz CT molecular complexity index is 1550.